The summed E-state index contributed by atoms with van der Waals surface area (Å²) >= 11 is 5.94. The summed E-state index contributed by atoms with van der Waals surface area (Å²) in [6.45, 7) is 29.7. The van der Waals surface area contributed by atoms with Crippen molar-refractivity contribution in [1.29, 1.82) is 0 Å². The Labute approximate surface area is 925 Å². The molecule has 0 aliphatic heterocycles. The van der Waals surface area contributed by atoms with Gasteiger partial charge in [-0.1, -0.05) is 191 Å². The first-order valence-corrected chi connectivity index (χ1v) is 45.8. The SMILES string of the molecule is CC(C)=CCc1c(C)ccc(/C=C/C(=O)NO)c1OCc1ccc(OC(F)(F)F)cc1.CC(C)=CCc1c(C)ccc(/C=C/C(=O)N[O-])c1OCc1ccc(Cl)cc1.COc1ccc(COc2c(/C=C/C(=O)NO)ccc(CO)c2CC=C(C)C)cc1.COc1ccc(COc2c(/C=C/C(=O)N[O-])ccc(C)c2CC=C(C)C)cc1.COc1ccc(COc2c(/C=C/C(=O)N[O-])ccc(C)c2CC=C(C)C)cc1.[K+].[Li+].[Li+]. The van der Waals surface area contributed by atoms with Gasteiger partial charge in [0.05, 0.1) is 27.9 Å². The Hall–Kier alpha value is -12.2. The Morgan fingerprint density at radius 3 is 0.753 bits per heavy atom. The molecule has 0 aromatic heterocycles. The van der Waals surface area contributed by atoms with Gasteiger partial charge >= 0.3 is 95.5 Å². The summed E-state index contributed by atoms with van der Waals surface area (Å²) < 4.78 is 87.1. The average Bonchev–Trinajstić information content (AvgIpc) is 0.819. The normalized spacial score (nSPS) is 10.6. The molecule has 0 spiro atoms. The molecule has 25 nitrogen and oxygen atoms in total. The summed E-state index contributed by atoms with van der Waals surface area (Å²) in [5.41, 5.74) is 31.2. The third-order valence-corrected chi connectivity index (χ3v) is 21.5. The predicted molar refractivity (Wildman–Crippen MR) is 558 cm³/mol. The van der Waals surface area contributed by atoms with E-state index in [4.69, 9.17) is 59.9 Å². The molecule has 146 heavy (non-hydrogen) atoms. The van der Waals surface area contributed by atoms with E-state index in [-0.39, 0.29) is 108 Å². The number of allylic oxidation sites excluding steroid dienone is 10. The minimum absolute atomic E-state index is 0. The molecule has 8 N–H and O–H groups in total. The summed E-state index contributed by atoms with van der Waals surface area (Å²) in [6, 6.07) is 54.7. The van der Waals surface area contributed by atoms with E-state index in [9.17, 15) is 57.9 Å². The number of benzene rings is 10. The Morgan fingerprint density at radius 1 is 0.329 bits per heavy atom. The van der Waals surface area contributed by atoms with Crippen LogP contribution in [0.1, 0.15) is 181 Å². The molecule has 10 aromatic rings. The number of ether oxygens (including phenoxy) is 9. The second-order valence-corrected chi connectivity index (χ2v) is 34.1. The van der Waals surface area contributed by atoms with E-state index in [1.165, 1.54) is 99.4 Å². The summed E-state index contributed by atoms with van der Waals surface area (Å²) in [6.07, 6.45) is 23.0. The number of carbonyl (C=O) groups excluding carboxylic acids is 5. The smallest absolute Gasteiger partial charge is 0.759 e. The molecule has 0 saturated heterocycles. The summed E-state index contributed by atoms with van der Waals surface area (Å²) in [5, 5.41) is 59.4. The van der Waals surface area contributed by atoms with Crippen LogP contribution in [-0.4, -0.2) is 72.7 Å². The van der Waals surface area contributed by atoms with Gasteiger partial charge in [-0.25, -0.2) is 11.0 Å². The zero-order valence-corrected chi connectivity index (χ0v) is 90.4. The van der Waals surface area contributed by atoms with E-state index in [0.717, 1.165) is 142 Å². The number of hydrogen-bond donors (Lipinski definition) is 8. The van der Waals surface area contributed by atoms with Crippen molar-refractivity contribution in [3.05, 3.63) is 403 Å². The number of aliphatic hydroxyl groups is 1. The van der Waals surface area contributed by atoms with Crippen LogP contribution in [0.5, 0.6) is 51.7 Å². The number of rotatable bonds is 40. The second kappa shape index (κ2) is 68.3. The first-order valence-electron chi connectivity index (χ1n) is 45.4. The number of aliphatic hydroxyl groups excluding tert-OH is 1. The van der Waals surface area contributed by atoms with Gasteiger partial charge < -0.3 is 79.8 Å². The van der Waals surface area contributed by atoms with E-state index in [1.807, 2.05) is 221 Å². The molecule has 0 aliphatic rings. The van der Waals surface area contributed by atoms with Gasteiger partial charge in [-0.2, -0.15) is 0 Å². The third-order valence-electron chi connectivity index (χ3n) is 21.3. The molecule has 10 aromatic carbocycles. The first kappa shape index (κ1) is 128. The molecule has 32 heteroatoms. The maximum absolute atomic E-state index is 12.3. The zero-order chi connectivity index (χ0) is 105. The van der Waals surface area contributed by atoms with Crippen molar-refractivity contribution in [2.24, 2.45) is 0 Å². The molecule has 0 radical (unpaired) electrons. The molecule has 0 aliphatic carbocycles. The van der Waals surface area contributed by atoms with Crippen molar-refractivity contribution in [1.82, 2.24) is 27.4 Å². The molecule has 758 valence electrons. The Balaban J connectivity index is 0.000000467. The van der Waals surface area contributed by atoms with Crippen molar-refractivity contribution in [3.8, 4) is 51.7 Å². The van der Waals surface area contributed by atoms with Crippen LogP contribution in [-0.2, 0) is 95.7 Å². The molecule has 0 bridgehead atoms. The van der Waals surface area contributed by atoms with Crippen LogP contribution in [0.25, 0.3) is 30.4 Å². The van der Waals surface area contributed by atoms with Gasteiger partial charge in [-0.15, -0.1) is 13.2 Å². The number of halogens is 4. The Morgan fingerprint density at radius 2 is 0.541 bits per heavy atom. The third kappa shape index (κ3) is 46.3. The largest absolute Gasteiger partial charge is 1.00 e. The standard InChI is InChI=1S/C23H24F3NO4.C23H27NO5.2C23H26NO4.C22H23ClNO3.K.2Li/c1-15(2)4-12-20-16(3)5-8-18(9-13-21(28)27-29)22(20)30-14-17-6-10-19(11-7-17)31-23(24,25)26;1-16(2)4-12-21-19(14-25)8-7-18(9-13-22(26)24-27)23(21)29-15-17-5-10-20(28-3)11-6-17;2*1-16(2)5-13-21-17(3)6-9-19(10-14-22(25)24-26)23(21)28-15-18-7-11-20(27-4)12-8-18;1-15(2)4-12-20-16(3)5-8-18(9-13-21(25)24-26)22(20)27-14-17-6-10-19(23)11-7-17;;;/h4-11,13,29H,12,14H2,1-3H3,(H,27,28);4-11,13,25,27H,12,14-15H2,1-3H3,(H,24,26);2*5-12,14H,13,15H2,1-4H3,(H-,24,25,26);4-11,13H,12,14H2,1-3H3,(H-,24,25,26);;;/q;;3*-1;3*+1/b2*13-9+;2*14-10+;13-9+;;;. The number of carbonyl (C=O) groups is 5. The number of hydrogen-bond acceptors (Lipinski definition) is 20. The predicted octanol–water partition coefficient (Wildman–Crippen LogP) is 15.1. The first-order chi connectivity index (χ1) is 68.3. The van der Waals surface area contributed by atoms with Crippen molar-refractivity contribution in [2.75, 3.05) is 21.3 Å². The minimum Gasteiger partial charge on any atom is -0.759 e. The van der Waals surface area contributed by atoms with Gasteiger partial charge in [-0.3, -0.25) is 34.4 Å². The summed E-state index contributed by atoms with van der Waals surface area (Å²) in [5.74, 6) is 1.87. The molecule has 5 amide bonds. The number of alkyl halides is 3. The van der Waals surface area contributed by atoms with Crippen LogP contribution in [0, 0.1) is 43.3 Å². The van der Waals surface area contributed by atoms with Crippen LogP contribution in [0.4, 0.5) is 13.2 Å². The fourth-order valence-corrected chi connectivity index (χ4v) is 13.5. The minimum atomic E-state index is -4.75. The van der Waals surface area contributed by atoms with Crippen LogP contribution in [0.3, 0.4) is 0 Å². The van der Waals surface area contributed by atoms with Crippen molar-refractivity contribution in [2.45, 2.75) is 175 Å². The molecular weight excluding hydrogens is 1900 g/mol. The monoisotopic (exact) mass is 2030 g/mol. The molecule has 0 fully saturated rings. The van der Waals surface area contributed by atoms with Gasteiger partial charge in [0.1, 0.15) is 84.8 Å². The fourth-order valence-electron chi connectivity index (χ4n) is 13.4. The fraction of sp³-hybridized carbons (Fsp3) is 0.254. The van der Waals surface area contributed by atoms with Crippen LogP contribution >= 0.6 is 11.6 Å². The van der Waals surface area contributed by atoms with Gasteiger partial charge in [0.25, 0.3) is 11.8 Å². The topological polar surface area (TPSA) is 358 Å². The number of nitrogens with one attached hydrogen (secondary N) is 5. The number of hydroxylamine groups is 5. The number of methoxy groups -OCH3 is 3. The van der Waals surface area contributed by atoms with Crippen LogP contribution < -0.4 is 159 Å². The van der Waals surface area contributed by atoms with E-state index in [0.29, 0.717) is 89.7 Å². The van der Waals surface area contributed by atoms with E-state index >= 15 is 0 Å². The molecule has 10 rings (SSSR count). The zero-order valence-electron chi connectivity index (χ0n) is 86.6. The van der Waals surface area contributed by atoms with Crippen LogP contribution in [0.15, 0.2) is 271 Å². The van der Waals surface area contributed by atoms with E-state index < -0.39 is 35.9 Å². The quantitative estimate of drug-likeness (QED) is 0.00581. The van der Waals surface area contributed by atoms with Crippen LogP contribution in [0.2, 0.25) is 5.02 Å². The summed E-state index contributed by atoms with van der Waals surface area (Å²) in [4.78, 5) is 56.8. The van der Waals surface area contributed by atoms with E-state index in [1.54, 1.807) is 63.2 Å². The second-order valence-electron chi connectivity index (χ2n) is 33.6. The molecule has 0 saturated carbocycles. The molecular formula is C114H126ClF3KLi2N5O20. The summed E-state index contributed by atoms with van der Waals surface area (Å²) in [7, 11) is 4.87. The average molecular weight is 2030 g/mol. The van der Waals surface area contributed by atoms with Gasteiger partial charge in [0, 0.05) is 91.0 Å². The Kier molecular flexibility index (Phi) is 59.9. The van der Waals surface area contributed by atoms with Gasteiger partial charge in [0.15, 0.2) is 0 Å². The Bertz CT molecular complexity index is 6040. The van der Waals surface area contributed by atoms with Gasteiger partial charge in [0.2, 0.25) is 17.7 Å². The van der Waals surface area contributed by atoms with Crippen molar-refractivity contribution >= 4 is 71.5 Å². The number of amides is 5. The number of aryl methyl sites for hydroxylation is 4. The molecule has 0 atom stereocenters. The van der Waals surface area contributed by atoms with E-state index in [2.05, 4.69) is 56.7 Å². The van der Waals surface area contributed by atoms with Crippen molar-refractivity contribution < 1.29 is 184 Å². The molecule has 0 unspecified atom stereocenters. The molecule has 0 heterocycles. The maximum Gasteiger partial charge on any atom is 1.00 e. The maximum atomic E-state index is 12.3. The van der Waals surface area contributed by atoms with Gasteiger partial charge in [-0.05, 0) is 276 Å². The van der Waals surface area contributed by atoms with Crippen molar-refractivity contribution in [3.63, 3.8) is 0 Å².